The zero-order valence-electron chi connectivity index (χ0n) is 13.5. The Morgan fingerprint density at radius 3 is 3.09 bits per heavy atom. The van der Waals surface area contributed by atoms with Crippen molar-refractivity contribution in [2.24, 2.45) is 0 Å². The summed E-state index contributed by atoms with van der Waals surface area (Å²) in [7, 11) is 0. The molecule has 1 saturated heterocycles. The van der Waals surface area contributed by atoms with Crippen molar-refractivity contribution in [1.82, 2.24) is 14.8 Å². The quantitative estimate of drug-likeness (QED) is 0.823. The summed E-state index contributed by atoms with van der Waals surface area (Å²) in [6, 6.07) is 8.67. The Kier molecular flexibility index (Phi) is 4.25. The van der Waals surface area contributed by atoms with Crippen LogP contribution in [0.1, 0.15) is 18.5 Å². The smallest absolute Gasteiger partial charge is 0.120 e. The Morgan fingerprint density at radius 2 is 2.22 bits per heavy atom. The van der Waals surface area contributed by atoms with E-state index in [2.05, 4.69) is 39.0 Å². The van der Waals surface area contributed by atoms with Gasteiger partial charge in [0.1, 0.15) is 5.75 Å². The van der Waals surface area contributed by atoms with Crippen LogP contribution in [0.3, 0.4) is 0 Å². The number of fused-ring (bicyclic) bond motifs is 3. The highest BCUT2D eigenvalue weighted by atomic mass is 16.5. The van der Waals surface area contributed by atoms with E-state index in [1.807, 2.05) is 0 Å². The van der Waals surface area contributed by atoms with Crippen LogP contribution in [0, 0.1) is 0 Å². The van der Waals surface area contributed by atoms with Gasteiger partial charge in [0.2, 0.25) is 0 Å². The zero-order chi connectivity index (χ0) is 15.6. The van der Waals surface area contributed by atoms with Gasteiger partial charge in [0.25, 0.3) is 0 Å². The molecule has 5 heteroatoms. The number of benzene rings is 1. The summed E-state index contributed by atoms with van der Waals surface area (Å²) in [6.07, 6.45) is 1.78. The van der Waals surface area contributed by atoms with Gasteiger partial charge in [0.05, 0.1) is 12.7 Å². The minimum atomic E-state index is -0.131. The molecule has 2 aliphatic rings. The summed E-state index contributed by atoms with van der Waals surface area (Å²) < 4.78 is 8.32. The first-order valence-corrected chi connectivity index (χ1v) is 8.66. The first kappa shape index (κ1) is 15.0. The number of aliphatic hydroxyl groups is 1. The lowest BCUT2D eigenvalue weighted by Crippen LogP contribution is -2.27. The van der Waals surface area contributed by atoms with Crippen LogP contribution in [0.25, 0.3) is 10.9 Å². The molecule has 5 nitrogen and oxygen atoms in total. The first-order valence-electron chi connectivity index (χ1n) is 8.66. The van der Waals surface area contributed by atoms with Gasteiger partial charge in [-0.3, -0.25) is 0 Å². The number of rotatable bonds is 5. The van der Waals surface area contributed by atoms with Gasteiger partial charge in [-0.25, -0.2) is 0 Å². The number of hydrogen-bond donors (Lipinski definition) is 2. The normalized spacial score (nSPS) is 21.7. The Hall–Kier alpha value is -1.56. The molecule has 2 aliphatic heterocycles. The number of likely N-dealkylation sites (tertiary alicyclic amines) is 1. The summed E-state index contributed by atoms with van der Waals surface area (Å²) >= 11 is 0. The van der Waals surface area contributed by atoms with Crippen LogP contribution in [0.5, 0.6) is 5.75 Å². The number of aromatic nitrogens is 1. The number of nitrogens with one attached hydrogen (secondary N) is 1. The van der Waals surface area contributed by atoms with Gasteiger partial charge in [-0.2, -0.15) is 0 Å². The molecule has 1 atom stereocenters. The van der Waals surface area contributed by atoms with Crippen LogP contribution >= 0.6 is 0 Å². The molecule has 2 N–H and O–H groups in total. The molecule has 0 radical (unpaired) electrons. The standard InChI is InChI=1S/C18H25N3O2/c22-16-4-7-20(13-16)6-1-9-23-17-2-3-18-14(11-17)10-15-12-19-5-8-21(15)18/h2-3,10-11,16,19,22H,1,4-9,12-13H2/t16-/m1/s1. The fourth-order valence-corrected chi connectivity index (χ4v) is 3.71. The molecular weight excluding hydrogens is 290 g/mol. The van der Waals surface area contributed by atoms with E-state index < -0.39 is 0 Å². The summed E-state index contributed by atoms with van der Waals surface area (Å²) in [6.45, 7) is 6.60. The highest BCUT2D eigenvalue weighted by molar-refractivity contribution is 5.83. The fourth-order valence-electron chi connectivity index (χ4n) is 3.71. The molecule has 0 aliphatic carbocycles. The maximum absolute atomic E-state index is 9.52. The van der Waals surface area contributed by atoms with Crippen molar-refractivity contribution in [3.05, 3.63) is 30.0 Å². The average Bonchev–Trinajstić information content (AvgIpc) is 3.14. The highest BCUT2D eigenvalue weighted by Crippen LogP contribution is 2.26. The minimum Gasteiger partial charge on any atom is -0.494 e. The van der Waals surface area contributed by atoms with Gasteiger partial charge >= 0.3 is 0 Å². The topological polar surface area (TPSA) is 49.7 Å². The summed E-state index contributed by atoms with van der Waals surface area (Å²) in [4.78, 5) is 2.31. The fraction of sp³-hybridized carbons (Fsp3) is 0.556. The van der Waals surface area contributed by atoms with E-state index in [4.69, 9.17) is 4.74 Å². The first-order chi connectivity index (χ1) is 11.3. The van der Waals surface area contributed by atoms with Crippen LogP contribution in [0.2, 0.25) is 0 Å². The van der Waals surface area contributed by atoms with Gasteiger partial charge in [0, 0.05) is 55.9 Å². The van der Waals surface area contributed by atoms with Gasteiger partial charge in [-0.05, 0) is 37.1 Å². The van der Waals surface area contributed by atoms with Gasteiger partial charge in [0.15, 0.2) is 0 Å². The molecule has 1 aromatic heterocycles. The lowest BCUT2D eigenvalue weighted by Gasteiger charge is -2.17. The third-order valence-corrected chi connectivity index (χ3v) is 4.91. The van der Waals surface area contributed by atoms with Crippen LogP contribution in [0.4, 0.5) is 0 Å². The van der Waals surface area contributed by atoms with Crippen molar-refractivity contribution >= 4 is 10.9 Å². The van der Waals surface area contributed by atoms with Crippen molar-refractivity contribution in [3.63, 3.8) is 0 Å². The molecule has 0 unspecified atom stereocenters. The summed E-state index contributed by atoms with van der Waals surface area (Å²) in [5.74, 6) is 0.954. The van der Waals surface area contributed by atoms with E-state index in [0.29, 0.717) is 0 Å². The number of ether oxygens (including phenoxy) is 1. The largest absolute Gasteiger partial charge is 0.494 e. The highest BCUT2D eigenvalue weighted by Gasteiger charge is 2.19. The van der Waals surface area contributed by atoms with Crippen molar-refractivity contribution in [2.75, 3.05) is 32.8 Å². The lowest BCUT2D eigenvalue weighted by atomic mass is 10.2. The maximum atomic E-state index is 9.52. The van der Waals surface area contributed by atoms with E-state index in [1.54, 1.807) is 0 Å². The second-order valence-electron chi connectivity index (χ2n) is 6.63. The third-order valence-electron chi connectivity index (χ3n) is 4.91. The minimum absolute atomic E-state index is 0.131. The number of β-amino-alcohol motifs (C(OH)–C–C–N with tert-alkyl or cyclic N) is 1. The molecule has 1 fully saturated rings. The number of nitrogens with zero attached hydrogens (tertiary/aromatic N) is 2. The second-order valence-corrected chi connectivity index (χ2v) is 6.63. The Labute approximate surface area is 136 Å². The molecule has 124 valence electrons. The van der Waals surface area contributed by atoms with Crippen LogP contribution in [-0.4, -0.2) is 53.5 Å². The van der Waals surface area contributed by atoms with Gasteiger partial charge in [-0.15, -0.1) is 0 Å². The number of hydrogen-bond acceptors (Lipinski definition) is 4. The molecule has 3 heterocycles. The molecule has 4 rings (SSSR count). The van der Waals surface area contributed by atoms with Crippen LogP contribution in [-0.2, 0) is 13.1 Å². The Balaban J connectivity index is 1.34. The maximum Gasteiger partial charge on any atom is 0.120 e. The van der Waals surface area contributed by atoms with Crippen LogP contribution < -0.4 is 10.1 Å². The number of aliphatic hydroxyl groups excluding tert-OH is 1. The Bertz CT molecular complexity index is 682. The second kappa shape index (κ2) is 6.51. The van der Waals surface area contributed by atoms with E-state index >= 15 is 0 Å². The molecule has 1 aromatic carbocycles. The van der Waals surface area contributed by atoms with Crippen molar-refractivity contribution in [2.45, 2.75) is 32.0 Å². The SMILES string of the molecule is O[C@@H]1CCN(CCCOc2ccc3c(c2)cc2n3CCNC2)C1. The molecule has 0 amide bonds. The molecule has 2 aromatic rings. The van der Waals surface area contributed by atoms with Crippen LogP contribution in [0.15, 0.2) is 24.3 Å². The predicted molar refractivity (Wildman–Crippen MR) is 90.8 cm³/mol. The summed E-state index contributed by atoms with van der Waals surface area (Å²) in [5, 5.41) is 14.2. The van der Waals surface area contributed by atoms with E-state index in [9.17, 15) is 5.11 Å². The van der Waals surface area contributed by atoms with E-state index in [0.717, 1.165) is 64.5 Å². The molecule has 0 spiro atoms. The lowest BCUT2D eigenvalue weighted by molar-refractivity contribution is 0.173. The van der Waals surface area contributed by atoms with Crippen molar-refractivity contribution < 1.29 is 9.84 Å². The molecule has 0 saturated carbocycles. The monoisotopic (exact) mass is 315 g/mol. The molecule has 0 bridgehead atoms. The molecular formula is C18H25N3O2. The van der Waals surface area contributed by atoms with Crippen molar-refractivity contribution in [1.29, 1.82) is 0 Å². The van der Waals surface area contributed by atoms with E-state index in [-0.39, 0.29) is 6.10 Å². The van der Waals surface area contributed by atoms with E-state index in [1.165, 1.54) is 16.6 Å². The zero-order valence-corrected chi connectivity index (χ0v) is 13.5. The third kappa shape index (κ3) is 3.22. The van der Waals surface area contributed by atoms with Gasteiger partial charge < -0.3 is 24.6 Å². The predicted octanol–water partition coefficient (Wildman–Crippen LogP) is 1.58. The summed E-state index contributed by atoms with van der Waals surface area (Å²) in [5.41, 5.74) is 2.66. The average molecular weight is 315 g/mol. The Morgan fingerprint density at radius 1 is 1.26 bits per heavy atom. The molecule has 23 heavy (non-hydrogen) atoms. The van der Waals surface area contributed by atoms with Crippen molar-refractivity contribution in [3.8, 4) is 5.75 Å². The van der Waals surface area contributed by atoms with Gasteiger partial charge in [-0.1, -0.05) is 0 Å².